The van der Waals surface area contributed by atoms with Crippen molar-refractivity contribution in [2.45, 2.75) is 63.6 Å². The summed E-state index contributed by atoms with van der Waals surface area (Å²) in [5, 5.41) is 2.48. The summed E-state index contributed by atoms with van der Waals surface area (Å²) in [7, 11) is 0. The number of alkyl halides is 6. The van der Waals surface area contributed by atoms with Crippen molar-refractivity contribution in [3.8, 4) is 0 Å². The Morgan fingerprint density at radius 2 is 1.45 bits per heavy atom. The summed E-state index contributed by atoms with van der Waals surface area (Å²) < 4.78 is 86.9. The Bertz CT molecular complexity index is 1290. The zero-order valence-electron chi connectivity index (χ0n) is 24.4. The molecule has 0 aromatic heterocycles. The number of hydrogen-bond acceptors (Lipinski definition) is 4. The van der Waals surface area contributed by atoms with Crippen LogP contribution in [0.25, 0.3) is 0 Å². The van der Waals surface area contributed by atoms with E-state index in [-0.39, 0.29) is 54.3 Å². The zero-order valence-corrected chi connectivity index (χ0v) is 24.4. The van der Waals surface area contributed by atoms with E-state index in [4.69, 9.17) is 4.74 Å². The summed E-state index contributed by atoms with van der Waals surface area (Å²) in [5.41, 5.74) is -2.21. The van der Waals surface area contributed by atoms with Crippen LogP contribution in [0.5, 0.6) is 0 Å². The van der Waals surface area contributed by atoms with Crippen LogP contribution in [0.4, 0.5) is 26.3 Å². The van der Waals surface area contributed by atoms with E-state index in [1.54, 1.807) is 9.80 Å². The number of amides is 3. The molecule has 1 N–H and O–H groups in total. The van der Waals surface area contributed by atoms with Gasteiger partial charge in [0.2, 0.25) is 17.7 Å². The van der Waals surface area contributed by atoms with Crippen LogP contribution in [-0.4, -0.2) is 66.3 Å². The van der Waals surface area contributed by atoms with Crippen molar-refractivity contribution in [3.63, 3.8) is 0 Å². The molecular formula is C31H35F6N3O4. The van der Waals surface area contributed by atoms with Gasteiger partial charge in [0.1, 0.15) is 0 Å². The standard InChI is InChI=1S/C31H35F6N3O4/c1-19(23-14-24(30(32,33)34)16-25(15-23)31(35,36)37)44-27-10-13-40(18-26(27)21-6-4-3-5-7-21)29(43)22-8-11-39(12-9-22)28(42)17-38-20(2)41/h3-7,14-16,19,22,26-27H,8-13,17-18H2,1-2H3,(H,38,41)/t19-,26?,27?/m1/s1. The first-order chi connectivity index (χ1) is 20.6. The Kier molecular flexibility index (Phi) is 10.3. The lowest BCUT2D eigenvalue weighted by atomic mass is 9.86. The predicted molar refractivity (Wildman–Crippen MR) is 148 cm³/mol. The van der Waals surface area contributed by atoms with E-state index >= 15 is 0 Å². The van der Waals surface area contributed by atoms with Gasteiger partial charge in [0.05, 0.1) is 29.9 Å². The molecule has 2 saturated heterocycles. The van der Waals surface area contributed by atoms with Gasteiger partial charge in [0.25, 0.3) is 0 Å². The summed E-state index contributed by atoms with van der Waals surface area (Å²) >= 11 is 0. The molecule has 240 valence electrons. The molecule has 2 aromatic rings. The van der Waals surface area contributed by atoms with Crippen molar-refractivity contribution in [1.29, 1.82) is 0 Å². The van der Waals surface area contributed by atoms with Crippen molar-refractivity contribution in [1.82, 2.24) is 15.1 Å². The van der Waals surface area contributed by atoms with Gasteiger partial charge in [-0.15, -0.1) is 0 Å². The third-order valence-corrected chi connectivity index (χ3v) is 8.23. The minimum Gasteiger partial charge on any atom is -0.370 e. The van der Waals surface area contributed by atoms with E-state index in [2.05, 4.69) is 5.32 Å². The number of likely N-dealkylation sites (tertiary alicyclic amines) is 2. The van der Waals surface area contributed by atoms with Gasteiger partial charge < -0.3 is 19.9 Å². The number of piperidine rings is 2. The van der Waals surface area contributed by atoms with Crippen molar-refractivity contribution in [2.75, 3.05) is 32.7 Å². The molecule has 0 bridgehead atoms. The van der Waals surface area contributed by atoms with Crippen LogP contribution < -0.4 is 5.32 Å². The Morgan fingerprint density at radius 3 is 2.00 bits per heavy atom. The summed E-state index contributed by atoms with van der Waals surface area (Å²) in [6, 6.07) is 10.6. The number of hydrogen-bond donors (Lipinski definition) is 1. The van der Waals surface area contributed by atoms with Gasteiger partial charge in [0.15, 0.2) is 0 Å². The van der Waals surface area contributed by atoms with E-state index in [9.17, 15) is 40.7 Å². The first-order valence-corrected chi connectivity index (χ1v) is 14.4. The van der Waals surface area contributed by atoms with Crippen molar-refractivity contribution in [3.05, 3.63) is 70.8 Å². The second-order valence-electron chi connectivity index (χ2n) is 11.3. The maximum absolute atomic E-state index is 13.5. The highest BCUT2D eigenvalue weighted by atomic mass is 19.4. The molecule has 3 atom stereocenters. The first kappa shape index (κ1) is 33.3. The summed E-state index contributed by atoms with van der Waals surface area (Å²) in [5.74, 6) is -1.27. The molecule has 3 amide bonds. The average molecular weight is 628 g/mol. The maximum atomic E-state index is 13.5. The fourth-order valence-electron chi connectivity index (χ4n) is 5.81. The topological polar surface area (TPSA) is 79.0 Å². The third kappa shape index (κ3) is 8.30. The molecule has 0 aliphatic carbocycles. The predicted octanol–water partition coefficient (Wildman–Crippen LogP) is 5.56. The summed E-state index contributed by atoms with van der Waals surface area (Å²) in [4.78, 5) is 40.3. The number of carbonyl (C=O) groups excluding carboxylic acids is 3. The average Bonchev–Trinajstić information content (AvgIpc) is 2.99. The number of carbonyl (C=O) groups is 3. The van der Waals surface area contributed by atoms with E-state index < -0.39 is 35.7 Å². The van der Waals surface area contributed by atoms with Crippen LogP contribution in [-0.2, 0) is 31.5 Å². The molecule has 13 heteroatoms. The molecule has 0 saturated carbocycles. The van der Waals surface area contributed by atoms with Crippen LogP contribution in [0.2, 0.25) is 0 Å². The number of halogens is 6. The van der Waals surface area contributed by atoms with E-state index in [1.165, 1.54) is 13.8 Å². The van der Waals surface area contributed by atoms with Crippen LogP contribution in [0.3, 0.4) is 0 Å². The lowest BCUT2D eigenvalue weighted by Gasteiger charge is -2.42. The number of ether oxygens (including phenoxy) is 1. The SMILES string of the molecule is CC(=O)NCC(=O)N1CCC(C(=O)N2CCC(O[C@H](C)c3cc(C(F)(F)F)cc(C(F)(F)F)c3)C(c3ccccc3)C2)CC1. The number of nitrogens with one attached hydrogen (secondary N) is 1. The molecule has 44 heavy (non-hydrogen) atoms. The lowest BCUT2D eigenvalue weighted by molar-refractivity contribution is -0.144. The van der Waals surface area contributed by atoms with Gasteiger partial charge in [-0.05, 0) is 55.5 Å². The smallest absolute Gasteiger partial charge is 0.370 e. The molecular weight excluding hydrogens is 592 g/mol. The Balaban J connectivity index is 1.47. The minimum absolute atomic E-state index is 0.0703. The summed E-state index contributed by atoms with van der Waals surface area (Å²) in [6.07, 6.45) is -10.3. The lowest BCUT2D eigenvalue weighted by Crippen LogP contribution is -2.50. The third-order valence-electron chi connectivity index (χ3n) is 8.23. The number of nitrogens with zero attached hydrogens (tertiary/aromatic N) is 2. The quantitative estimate of drug-likeness (QED) is 0.408. The van der Waals surface area contributed by atoms with E-state index in [1.807, 2.05) is 30.3 Å². The van der Waals surface area contributed by atoms with Crippen LogP contribution in [0.1, 0.15) is 67.4 Å². The van der Waals surface area contributed by atoms with E-state index in [0.717, 1.165) is 5.56 Å². The van der Waals surface area contributed by atoms with Gasteiger partial charge in [-0.25, -0.2) is 0 Å². The molecule has 2 aliphatic rings. The van der Waals surface area contributed by atoms with Gasteiger partial charge in [-0.2, -0.15) is 26.3 Å². The second kappa shape index (κ2) is 13.6. The van der Waals surface area contributed by atoms with Crippen molar-refractivity contribution in [2.24, 2.45) is 5.92 Å². The number of benzene rings is 2. The molecule has 2 unspecified atom stereocenters. The van der Waals surface area contributed by atoms with Gasteiger partial charge in [-0.3, -0.25) is 14.4 Å². The Hall–Kier alpha value is -3.61. The molecule has 0 spiro atoms. The van der Waals surface area contributed by atoms with Crippen LogP contribution in [0, 0.1) is 5.92 Å². The molecule has 2 aliphatic heterocycles. The van der Waals surface area contributed by atoms with Crippen molar-refractivity contribution >= 4 is 17.7 Å². The molecule has 4 rings (SSSR count). The minimum atomic E-state index is -4.97. The number of rotatable bonds is 7. The maximum Gasteiger partial charge on any atom is 0.416 e. The second-order valence-corrected chi connectivity index (χ2v) is 11.3. The van der Waals surface area contributed by atoms with Crippen LogP contribution >= 0.6 is 0 Å². The molecule has 2 heterocycles. The highest BCUT2D eigenvalue weighted by Gasteiger charge is 2.40. The highest BCUT2D eigenvalue weighted by molar-refractivity contribution is 5.84. The Labute approximate surface area is 251 Å². The molecule has 2 fully saturated rings. The Morgan fingerprint density at radius 1 is 0.886 bits per heavy atom. The fourth-order valence-corrected chi connectivity index (χ4v) is 5.81. The first-order valence-electron chi connectivity index (χ1n) is 14.4. The monoisotopic (exact) mass is 627 g/mol. The zero-order chi connectivity index (χ0) is 32.2. The van der Waals surface area contributed by atoms with Crippen molar-refractivity contribution < 1.29 is 45.5 Å². The largest absolute Gasteiger partial charge is 0.416 e. The van der Waals surface area contributed by atoms with Gasteiger partial charge >= 0.3 is 12.4 Å². The van der Waals surface area contributed by atoms with Gasteiger partial charge in [0, 0.05) is 44.9 Å². The normalized spacial score (nSPS) is 20.7. The summed E-state index contributed by atoms with van der Waals surface area (Å²) in [6.45, 7) is 3.98. The van der Waals surface area contributed by atoms with Gasteiger partial charge in [-0.1, -0.05) is 30.3 Å². The fraction of sp³-hybridized carbons (Fsp3) is 0.516. The highest BCUT2D eigenvalue weighted by Crippen LogP contribution is 2.40. The molecule has 7 nitrogen and oxygen atoms in total. The van der Waals surface area contributed by atoms with Crippen LogP contribution in [0.15, 0.2) is 48.5 Å². The molecule has 2 aromatic carbocycles. The van der Waals surface area contributed by atoms with E-state index in [0.29, 0.717) is 51.0 Å². The molecule has 0 radical (unpaired) electrons.